The van der Waals surface area contributed by atoms with Gasteiger partial charge in [0.05, 0.1) is 22.3 Å². The van der Waals surface area contributed by atoms with E-state index in [1.807, 2.05) is 13.8 Å². The zero-order valence-electron chi connectivity index (χ0n) is 13.4. The summed E-state index contributed by atoms with van der Waals surface area (Å²) in [6.45, 7) is 5.73. The molecule has 0 radical (unpaired) electrons. The molecule has 3 aromatic rings. The van der Waals surface area contributed by atoms with Gasteiger partial charge >= 0.3 is 5.69 Å². The van der Waals surface area contributed by atoms with E-state index in [0.29, 0.717) is 21.9 Å². The number of aromatic nitrogens is 6. The average molecular weight is 347 g/mol. The first-order valence-electron chi connectivity index (χ1n) is 7.41. The number of amides is 1. The molecule has 0 aliphatic rings. The summed E-state index contributed by atoms with van der Waals surface area (Å²) in [4.78, 5) is 29.0. The van der Waals surface area contributed by atoms with Crippen LogP contribution >= 0.6 is 11.8 Å². The lowest BCUT2D eigenvalue weighted by molar-refractivity contribution is -0.115. The van der Waals surface area contributed by atoms with Crippen LogP contribution < -0.4 is 11.0 Å². The van der Waals surface area contributed by atoms with Crippen LogP contribution in [-0.2, 0) is 4.79 Å². The van der Waals surface area contributed by atoms with Crippen molar-refractivity contribution in [3.8, 4) is 0 Å². The Morgan fingerprint density at radius 1 is 1.25 bits per heavy atom. The quantitative estimate of drug-likeness (QED) is 0.602. The van der Waals surface area contributed by atoms with Gasteiger partial charge in [-0.05, 0) is 49.4 Å². The number of anilines is 1. The minimum absolute atomic E-state index is 0.116. The number of thioether (sulfide) groups is 1. The third kappa shape index (κ3) is 3.32. The van der Waals surface area contributed by atoms with Gasteiger partial charge in [-0.3, -0.25) is 4.79 Å². The molecule has 2 aromatic heterocycles. The van der Waals surface area contributed by atoms with Crippen molar-refractivity contribution in [3.05, 3.63) is 28.7 Å². The van der Waals surface area contributed by atoms with Crippen LogP contribution in [0.15, 0.2) is 28.2 Å². The predicted molar refractivity (Wildman–Crippen MR) is 91.1 cm³/mol. The topological polar surface area (TPSA) is 121 Å². The molecule has 3 N–H and O–H groups in total. The van der Waals surface area contributed by atoms with Crippen LogP contribution in [0.4, 0.5) is 5.69 Å². The maximum Gasteiger partial charge on any atom is 0.323 e. The van der Waals surface area contributed by atoms with Crippen molar-refractivity contribution < 1.29 is 4.79 Å². The van der Waals surface area contributed by atoms with Gasteiger partial charge in [0.25, 0.3) is 0 Å². The van der Waals surface area contributed by atoms with Crippen molar-refractivity contribution in [2.45, 2.75) is 37.2 Å². The lowest BCUT2D eigenvalue weighted by Crippen LogP contribution is -2.23. The van der Waals surface area contributed by atoms with Crippen molar-refractivity contribution in [1.82, 2.24) is 30.2 Å². The van der Waals surface area contributed by atoms with Gasteiger partial charge in [0.2, 0.25) is 11.1 Å². The summed E-state index contributed by atoms with van der Waals surface area (Å²) in [6, 6.07) is 5.30. The number of tetrazole rings is 1. The fourth-order valence-corrected chi connectivity index (χ4v) is 3.07. The second-order valence-corrected chi connectivity index (χ2v) is 6.90. The fraction of sp³-hybridized carbons (Fsp3) is 0.357. The normalized spacial score (nSPS) is 12.7. The minimum Gasteiger partial charge on any atom is -0.325 e. The van der Waals surface area contributed by atoms with Gasteiger partial charge in [0, 0.05) is 5.69 Å². The predicted octanol–water partition coefficient (Wildman–Crippen LogP) is 1.54. The number of rotatable bonds is 5. The maximum atomic E-state index is 12.4. The summed E-state index contributed by atoms with van der Waals surface area (Å²) in [7, 11) is 0. The molecule has 9 nitrogen and oxygen atoms in total. The first kappa shape index (κ1) is 16.2. The van der Waals surface area contributed by atoms with Crippen LogP contribution in [0.2, 0.25) is 0 Å². The highest BCUT2D eigenvalue weighted by molar-refractivity contribution is 8.00. The van der Waals surface area contributed by atoms with E-state index in [0.717, 1.165) is 0 Å². The number of carbonyl (C=O) groups excluding carboxylic acids is 1. The largest absolute Gasteiger partial charge is 0.325 e. The molecule has 0 unspecified atom stereocenters. The van der Waals surface area contributed by atoms with Crippen molar-refractivity contribution in [1.29, 1.82) is 0 Å². The summed E-state index contributed by atoms with van der Waals surface area (Å²) in [5, 5.41) is 14.6. The molecule has 1 atom stereocenters. The van der Waals surface area contributed by atoms with Crippen LogP contribution in [-0.4, -0.2) is 41.3 Å². The number of carbonyl (C=O) groups is 1. The molecule has 0 aliphatic carbocycles. The summed E-state index contributed by atoms with van der Waals surface area (Å²) in [5.74, 6) is -0.171. The third-order valence-corrected chi connectivity index (χ3v) is 4.43. The molecule has 2 heterocycles. The Bertz CT molecular complexity index is 926. The molecule has 126 valence electrons. The molecule has 24 heavy (non-hydrogen) atoms. The second kappa shape index (κ2) is 6.48. The van der Waals surface area contributed by atoms with Crippen molar-refractivity contribution in [2.75, 3.05) is 5.32 Å². The van der Waals surface area contributed by atoms with Gasteiger partial charge in [-0.15, -0.1) is 5.10 Å². The smallest absolute Gasteiger partial charge is 0.323 e. The molecule has 1 amide bonds. The van der Waals surface area contributed by atoms with Crippen molar-refractivity contribution in [2.24, 2.45) is 0 Å². The monoisotopic (exact) mass is 347 g/mol. The Kier molecular flexibility index (Phi) is 4.38. The van der Waals surface area contributed by atoms with E-state index in [1.165, 1.54) is 11.8 Å². The molecular weight excluding hydrogens is 330 g/mol. The summed E-state index contributed by atoms with van der Waals surface area (Å²) in [6.07, 6.45) is 0. The lowest BCUT2D eigenvalue weighted by Gasteiger charge is -2.13. The van der Waals surface area contributed by atoms with E-state index < -0.39 is 0 Å². The number of nitrogens with one attached hydrogen (secondary N) is 3. The molecule has 0 aliphatic heterocycles. The molecule has 10 heteroatoms. The molecule has 1 aromatic carbocycles. The Morgan fingerprint density at radius 2 is 2.00 bits per heavy atom. The first-order chi connectivity index (χ1) is 11.4. The molecule has 0 saturated heterocycles. The molecule has 0 saturated carbocycles. The van der Waals surface area contributed by atoms with Gasteiger partial charge in [-0.25, -0.2) is 9.48 Å². The van der Waals surface area contributed by atoms with Crippen LogP contribution in [0.1, 0.15) is 26.8 Å². The molecule has 0 spiro atoms. The highest BCUT2D eigenvalue weighted by Gasteiger charge is 2.19. The van der Waals surface area contributed by atoms with Gasteiger partial charge in [0.1, 0.15) is 0 Å². The third-order valence-electron chi connectivity index (χ3n) is 3.39. The van der Waals surface area contributed by atoms with Crippen LogP contribution in [0.5, 0.6) is 0 Å². The van der Waals surface area contributed by atoms with Crippen molar-refractivity contribution >= 4 is 34.4 Å². The number of hydrogen-bond acceptors (Lipinski definition) is 6. The van der Waals surface area contributed by atoms with E-state index in [2.05, 4.69) is 30.8 Å². The Hall–Kier alpha value is -2.62. The van der Waals surface area contributed by atoms with Crippen LogP contribution in [0, 0.1) is 0 Å². The van der Waals surface area contributed by atoms with Crippen molar-refractivity contribution in [3.63, 3.8) is 0 Å². The molecule has 0 fully saturated rings. The Balaban J connectivity index is 1.70. The highest BCUT2D eigenvalue weighted by Crippen LogP contribution is 2.24. The van der Waals surface area contributed by atoms with Crippen LogP contribution in [0.3, 0.4) is 0 Å². The SMILES string of the molecule is CC(C)n1nnnc1S[C@@H](C)C(=O)Nc1ccc2[nH]c(=O)[nH]c2c1. The number of imidazole rings is 1. The second-order valence-electron chi connectivity index (χ2n) is 5.59. The number of fused-ring (bicyclic) bond motifs is 1. The van der Waals surface area contributed by atoms with Gasteiger partial charge in [-0.2, -0.15) is 0 Å². The van der Waals surface area contributed by atoms with Gasteiger partial charge in [0.15, 0.2) is 0 Å². The average Bonchev–Trinajstić information content (AvgIpc) is 3.12. The Labute approximate surface area is 141 Å². The van der Waals surface area contributed by atoms with E-state index in [1.54, 1.807) is 29.8 Å². The van der Waals surface area contributed by atoms with E-state index >= 15 is 0 Å². The summed E-state index contributed by atoms with van der Waals surface area (Å²) < 4.78 is 1.67. The van der Waals surface area contributed by atoms with Crippen LogP contribution in [0.25, 0.3) is 11.0 Å². The number of benzene rings is 1. The van der Waals surface area contributed by atoms with Gasteiger partial charge < -0.3 is 15.3 Å². The number of aromatic amines is 2. The Morgan fingerprint density at radius 3 is 2.75 bits per heavy atom. The highest BCUT2D eigenvalue weighted by atomic mass is 32.2. The standard InChI is InChI=1S/C14H17N7O2S/c1-7(2)21-14(18-19-20-21)24-8(3)12(22)15-9-4-5-10-11(6-9)17-13(23)16-10/h4-8H,1-3H3,(H,15,22)(H2,16,17,23)/t8-/m0/s1. The molecular formula is C14H17N7O2S. The minimum atomic E-state index is -0.380. The molecule has 3 rings (SSSR count). The zero-order chi connectivity index (χ0) is 17.3. The maximum absolute atomic E-state index is 12.4. The zero-order valence-corrected chi connectivity index (χ0v) is 14.2. The van der Waals surface area contributed by atoms with Gasteiger partial charge in [-0.1, -0.05) is 11.8 Å². The summed E-state index contributed by atoms with van der Waals surface area (Å²) >= 11 is 1.29. The lowest BCUT2D eigenvalue weighted by atomic mass is 10.2. The molecule has 0 bridgehead atoms. The number of nitrogens with zero attached hydrogens (tertiary/aromatic N) is 4. The van der Waals surface area contributed by atoms with E-state index in [4.69, 9.17) is 0 Å². The first-order valence-corrected chi connectivity index (χ1v) is 8.29. The summed E-state index contributed by atoms with van der Waals surface area (Å²) in [5.41, 5.74) is 1.66. The number of H-pyrrole nitrogens is 2. The van der Waals surface area contributed by atoms with E-state index in [-0.39, 0.29) is 22.9 Å². The number of hydrogen-bond donors (Lipinski definition) is 3. The fourth-order valence-electron chi connectivity index (χ4n) is 2.15. The van der Waals surface area contributed by atoms with E-state index in [9.17, 15) is 9.59 Å².